The first kappa shape index (κ1) is 21.4. The average Bonchev–Trinajstić information content (AvgIpc) is 2.55. The van der Waals surface area contributed by atoms with E-state index in [1.807, 2.05) is 30.3 Å². The topological polar surface area (TPSA) is 117 Å². The molecule has 0 radical (unpaired) electrons. The van der Waals surface area contributed by atoms with E-state index in [-0.39, 0.29) is 19.6 Å². The maximum absolute atomic E-state index is 11.7. The van der Waals surface area contributed by atoms with Gasteiger partial charge in [0.25, 0.3) is 0 Å². The minimum atomic E-state index is -1.08. The lowest BCUT2D eigenvalue weighted by Crippen LogP contribution is -2.36. The predicted octanol–water partition coefficient (Wildman–Crippen LogP) is 2.50. The minimum Gasteiger partial charge on any atom is -0.445 e. The van der Waals surface area contributed by atoms with Crippen LogP contribution in [0.2, 0.25) is 0 Å². The fourth-order valence-electron chi connectivity index (χ4n) is 1.83. The lowest BCUT2D eigenvalue weighted by molar-refractivity contribution is -0.143. The van der Waals surface area contributed by atoms with E-state index in [1.54, 1.807) is 20.8 Å². The van der Waals surface area contributed by atoms with E-state index >= 15 is 0 Å². The number of hydrogen-bond acceptors (Lipinski definition) is 7. The number of hydrogen-bond donors (Lipinski definition) is 2. The lowest BCUT2D eigenvalue weighted by atomic mass is 10.2. The van der Waals surface area contributed by atoms with Crippen molar-refractivity contribution in [1.29, 1.82) is 0 Å². The van der Waals surface area contributed by atoms with E-state index in [4.69, 9.17) is 15.2 Å². The standard InChI is InChI=1S/C18H26N2O6/c1-18(2,3)26-17(23)25-15(21)14(19)10-7-11-20-16(22)24-12-13-8-5-4-6-9-13/h4-6,8-9,14H,7,10-12,19H2,1-3H3,(H,20,22)/t14-/m0/s1. The molecule has 26 heavy (non-hydrogen) atoms. The van der Waals surface area contributed by atoms with Crippen LogP contribution in [0.25, 0.3) is 0 Å². The van der Waals surface area contributed by atoms with Gasteiger partial charge in [0.05, 0.1) is 0 Å². The summed E-state index contributed by atoms with van der Waals surface area (Å²) in [6.45, 7) is 5.42. The summed E-state index contributed by atoms with van der Waals surface area (Å²) in [5.41, 5.74) is 5.78. The Kier molecular flexibility index (Phi) is 8.57. The van der Waals surface area contributed by atoms with Crippen LogP contribution in [0.1, 0.15) is 39.2 Å². The molecule has 144 valence electrons. The molecular weight excluding hydrogens is 340 g/mol. The van der Waals surface area contributed by atoms with Crippen LogP contribution in [0.15, 0.2) is 30.3 Å². The van der Waals surface area contributed by atoms with Crippen molar-refractivity contribution in [2.24, 2.45) is 5.73 Å². The summed E-state index contributed by atoms with van der Waals surface area (Å²) in [6.07, 6.45) is -0.981. The minimum absolute atomic E-state index is 0.175. The molecule has 8 heteroatoms. The van der Waals surface area contributed by atoms with Crippen molar-refractivity contribution >= 4 is 18.2 Å². The van der Waals surface area contributed by atoms with Crippen molar-refractivity contribution in [2.75, 3.05) is 6.54 Å². The van der Waals surface area contributed by atoms with E-state index in [0.29, 0.717) is 6.42 Å². The number of nitrogens with two attached hydrogens (primary N) is 1. The molecule has 0 spiro atoms. The molecule has 3 N–H and O–H groups in total. The van der Waals surface area contributed by atoms with Crippen molar-refractivity contribution < 1.29 is 28.6 Å². The molecule has 1 aromatic rings. The van der Waals surface area contributed by atoms with E-state index in [0.717, 1.165) is 5.56 Å². The fourth-order valence-corrected chi connectivity index (χ4v) is 1.83. The summed E-state index contributed by atoms with van der Waals surface area (Å²) in [5, 5.41) is 2.56. The van der Waals surface area contributed by atoms with Gasteiger partial charge < -0.3 is 25.3 Å². The lowest BCUT2D eigenvalue weighted by Gasteiger charge is -2.19. The SMILES string of the molecule is CC(C)(C)OC(=O)OC(=O)[C@@H](N)CCCNC(=O)OCc1ccccc1. The quantitative estimate of drug-likeness (QED) is 0.432. The molecule has 0 saturated carbocycles. The van der Waals surface area contributed by atoms with E-state index in [9.17, 15) is 14.4 Å². The molecule has 8 nitrogen and oxygen atoms in total. The Morgan fingerprint density at radius 2 is 1.81 bits per heavy atom. The monoisotopic (exact) mass is 366 g/mol. The van der Waals surface area contributed by atoms with Crippen LogP contribution in [0.3, 0.4) is 0 Å². The number of carbonyl (C=O) groups excluding carboxylic acids is 3. The van der Waals surface area contributed by atoms with E-state index in [1.165, 1.54) is 0 Å². The first-order valence-corrected chi connectivity index (χ1v) is 8.32. The van der Waals surface area contributed by atoms with Gasteiger partial charge in [-0.25, -0.2) is 14.4 Å². The third-order valence-electron chi connectivity index (χ3n) is 3.05. The van der Waals surface area contributed by atoms with Crippen LogP contribution < -0.4 is 11.1 Å². The zero-order chi connectivity index (χ0) is 19.6. The number of amides is 1. The van der Waals surface area contributed by atoms with Crippen molar-refractivity contribution in [3.8, 4) is 0 Å². The molecule has 0 saturated heterocycles. The van der Waals surface area contributed by atoms with Gasteiger partial charge in [-0.15, -0.1) is 0 Å². The second-order valence-corrected chi connectivity index (χ2v) is 6.62. The van der Waals surface area contributed by atoms with Crippen LogP contribution in [0.4, 0.5) is 9.59 Å². The maximum atomic E-state index is 11.7. The van der Waals surface area contributed by atoms with Crippen LogP contribution in [0.5, 0.6) is 0 Å². The van der Waals surface area contributed by atoms with Gasteiger partial charge in [0.15, 0.2) is 0 Å². The predicted molar refractivity (Wildman–Crippen MR) is 94.2 cm³/mol. The van der Waals surface area contributed by atoms with Crippen LogP contribution in [0, 0.1) is 0 Å². The smallest absolute Gasteiger partial charge is 0.445 e. The van der Waals surface area contributed by atoms with Gasteiger partial charge in [-0.3, -0.25) is 0 Å². The summed E-state index contributed by atoms with van der Waals surface area (Å²) < 4.78 is 14.4. The Balaban J connectivity index is 2.16. The molecule has 1 atom stereocenters. The van der Waals surface area contributed by atoms with Gasteiger partial charge in [-0.1, -0.05) is 30.3 Å². The van der Waals surface area contributed by atoms with Gasteiger partial charge in [0.2, 0.25) is 0 Å². The van der Waals surface area contributed by atoms with Gasteiger partial charge >= 0.3 is 18.2 Å². The second kappa shape index (κ2) is 10.4. The van der Waals surface area contributed by atoms with Crippen molar-refractivity contribution in [1.82, 2.24) is 5.32 Å². The first-order chi connectivity index (χ1) is 12.2. The summed E-state index contributed by atoms with van der Waals surface area (Å²) in [6, 6.07) is 8.30. The number of benzene rings is 1. The fraction of sp³-hybridized carbons (Fsp3) is 0.500. The summed E-state index contributed by atoms with van der Waals surface area (Å²) in [4.78, 5) is 34.6. The zero-order valence-corrected chi connectivity index (χ0v) is 15.3. The normalized spacial score (nSPS) is 12.0. The average molecular weight is 366 g/mol. The largest absolute Gasteiger partial charge is 0.516 e. The molecule has 0 aliphatic carbocycles. The zero-order valence-electron chi connectivity index (χ0n) is 15.3. The molecule has 0 fully saturated rings. The molecular formula is C18H26N2O6. The Bertz CT molecular complexity index is 597. The van der Waals surface area contributed by atoms with Gasteiger partial charge in [0.1, 0.15) is 18.2 Å². The van der Waals surface area contributed by atoms with Crippen molar-refractivity contribution in [3.05, 3.63) is 35.9 Å². The summed E-state index contributed by atoms with van der Waals surface area (Å²) >= 11 is 0. The number of nitrogens with one attached hydrogen (secondary N) is 1. The molecule has 0 heterocycles. The van der Waals surface area contributed by atoms with Crippen molar-refractivity contribution in [2.45, 2.75) is 51.9 Å². The maximum Gasteiger partial charge on any atom is 0.516 e. The van der Waals surface area contributed by atoms with E-state index < -0.39 is 29.9 Å². The molecule has 0 bridgehead atoms. The third-order valence-corrected chi connectivity index (χ3v) is 3.05. The second-order valence-electron chi connectivity index (χ2n) is 6.62. The number of ether oxygens (including phenoxy) is 3. The molecule has 1 rings (SSSR count). The highest BCUT2D eigenvalue weighted by Gasteiger charge is 2.23. The third kappa shape index (κ3) is 9.63. The van der Waals surface area contributed by atoms with Gasteiger partial charge in [0, 0.05) is 6.54 Å². The Morgan fingerprint density at radius 1 is 1.15 bits per heavy atom. The molecule has 0 aliphatic rings. The molecule has 0 aromatic heterocycles. The number of rotatable bonds is 7. The van der Waals surface area contributed by atoms with Crippen LogP contribution >= 0.6 is 0 Å². The summed E-state index contributed by atoms with van der Waals surface area (Å²) in [7, 11) is 0. The van der Waals surface area contributed by atoms with Crippen LogP contribution in [-0.4, -0.2) is 36.4 Å². The molecule has 1 amide bonds. The highest BCUT2D eigenvalue weighted by molar-refractivity contribution is 5.85. The molecule has 0 aliphatic heterocycles. The Labute approximate surface area is 153 Å². The first-order valence-electron chi connectivity index (χ1n) is 8.32. The van der Waals surface area contributed by atoms with Gasteiger partial charge in [-0.2, -0.15) is 0 Å². The van der Waals surface area contributed by atoms with Crippen molar-refractivity contribution in [3.63, 3.8) is 0 Å². The Hall–Kier alpha value is -2.61. The van der Waals surface area contributed by atoms with Crippen LogP contribution in [-0.2, 0) is 25.6 Å². The highest BCUT2D eigenvalue weighted by Crippen LogP contribution is 2.09. The molecule has 1 aromatic carbocycles. The summed E-state index contributed by atoms with van der Waals surface area (Å²) in [5.74, 6) is -0.870. The van der Waals surface area contributed by atoms with E-state index in [2.05, 4.69) is 10.1 Å². The molecule has 0 unspecified atom stereocenters. The number of esters is 1. The highest BCUT2D eigenvalue weighted by atomic mass is 16.7. The number of alkyl carbamates (subject to hydrolysis) is 1. The Morgan fingerprint density at radius 3 is 2.42 bits per heavy atom. The van der Waals surface area contributed by atoms with Gasteiger partial charge in [-0.05, 0) is 39.2 Å². The number of carbonyl (C=O) groups is 3.